The Kier molecular flexibility index (Phi) is 3.28. The van der Waals surface area contributed by atoms with E-state index >= 15 is 0 Å². The van der Waals surface area contributed by atoms with E-state index in [1.807, 2.05) is 13.0 Å². The molecule has 2 aromatic rings. The maximum Gasteiger partial charge on any atom is 0.341 e. The molecule has 2 amide bonds. The Morgan fingerprint density at radius 1 is 1.50 bits per heavy atom. The highest BCUT2D eigenvalue weighted by Crippen LogP contribution is 2.39. The predicted octanol–water partition coefficient (Wildman–Crippen LogP) is 3.49. The Hall–Kier alpha value is -1.43. The fourth-order valence-corrected chi connectivity index (χ4v) is 3.25. The van der Waals surface area contributed by atoms with Crippen LogP contribution in [0.4, 0.5) is 4.79 Å². The van der Waals surface area contributed by atoms with Crippen LogP contribution in [0.3, 0.4) is 0 Å². The molecule has 0 bridgehead atoms. The van der Waals surface area contributed by atoms with Gasteiger partial charge in [0.25, 0.3) is 0 Å². The zero-order valence-electron chi connectivity index (χ0n) is 10.7. The standard InChI is InChI=1S/C13H13Cl2N3O2/c1-6-10-7-2-3-8(14)11(15)12(7)16-9(10)4-5-18(6)13(19)17-20/h2-3,6,16,20H,4-5H2,1H3,(H,17,19)/t6-/m0/s1. The van der Waals surface area contributed by atoms with Crippen LogP contribution in [0.2, 0.25) is 10.0 Å². The first-order chi connectivity index (χ1) is 9.54. The maximum absolute atomic E-state index is 11.7. The number of halogens is 2. The number of benzene rings is 1. The monoisotopic (exact) mass is 313 g/mol. The summed E-state index contributed by atoms with van der Waals surface area (Å²) in [5.41, 5.74) is 4.56. The molecule has 0 saturated heterocycles. The first-order valence-corrected chi connectivity index (χ1v) is 6.99. The molecule has 106 valence electrons. The van der Waals surface area contributed by atoms with Gasteiger partial charge >= 0.3 is 6.03 Å². The van der Waals surface area contributed by atoms with Gasteiger partial charge in [-0.3, -0.25) is 5.21 Å². The highest BCUT2D eigenvalue weighted by molar-refractivity contribution is 6.45. The van der Waals surface area contributed by atoms with E-state index in [2.05, 4.69) is 4.98 Å². The molecule has 7 heteroatoms. The van der Waals surface area contributed by atoms with Crippen LogP contribution in [0.15, 0.2) is 12.1 Å². The third kappa shape index (κ3) is 1.85. The number of carbonyl (C=O) groups excluding carboxylic acids is 1. The highest BCUT2D eigenvalue weighted by atomic mass is 35.5. The van der Waals surface area contributed by atoms with Crippen LogP contribution in [-0.2, 0) is 6.42 Å². The van der Waals surface area contributed by atoms with Crippen LogP contribution >= 0.6 is 23.2 Å². The fraction of sp³-hybridized carbons (Fsp3) is 0.308. The van der Waals surface area contributed by atoms with E-state index < -0.39 is 6.03 Å². The number of carbonyl (C=O) groups is 1. The van der Waals surface area contributed by atoms with E-state index in [4.69, 9.17) is 28.4 Å². The van der Waals surface area contributed by atoms with Crippen LogP contribution in [0.5, 0.6) is 0 Å². The average molecular weight is 314 g/mol. The number of nitrogens with zero attached hydrogens (tertiary/aromatic N) is 1. The van der Waals surface area contributed by atoms with Crippen molar-refractivity contribution in [1.29, 1.82) is 0 Å². The molecule has 2 heterocycles. The number of fused-ring (bicyclic) bond motifs is 3. The second kappa shape index (κ2) is 4.84. The third-order valence-corrected chi connectivity index (χ3v) is 4.63. The van der Waals surface area contributed by atoms with Crippen molar-refractivity contribution in [2.75, 3.05) is 6.54 Å². The Bertz CT molecular complexity index is 698. The second-order valence-electron chi connectivity index (χ2n) is 4.84. The van der Waals surface area contributed by atoms with Gasteiger partial charge < -0.3 is 9.88 Å². The largest absolute Gasteiger partial charge is 0.357 e. The molecular formula is C13H13Cl2N3O2. The van der Waals surface area contributed by atoms with E-state index in [0.29, 0.717) is 23.0 Å². The molecule has 3 N–H and O–H groups in total. The fourth-order valence-electron chi connectivity index (χ4n) is 2.88. The number of nitrogens with one attached hydrogen (secondary N) is 2. The quantitative estimate of drug-likeness (QED) is 0.514. The molecule has 20 heavy (non-hydrogen) atoms. The minimum absolute atomic E-state index is 0.156. The van der Waals surface area contributed by atoms with Gasteiger partial charge in [-0.05, 0) is 13.0 Å². The lowest BCUT2D eigenvalue weighted by molar-refractivity contribution is 0.115. The molecular weight excluding hydrogens is 301 g/mol. The number of amides is 2. The normalized spacial score (nSPS) is 18.2. The van der Waals surface area contributed by atoms with Crippen LogP contribution < -0.4 is 5.48 Å². The van der Waals surface area contributed by atoms with Gasteiger partial charge in [0.1, 0.15) is 0 Å². The Morgan fingerprint density at radius 3 is 2.95 bits per heavy atom. The molecule has 1 atom stereocenters. The smallest absolute Gasteiger partial charge is 0.341 e. The summed E-state index contributed by atoms with van der Waals surface area (Å²) < 4.78 is 0. The van der Waals surface area contributed by atoms with Crippen LogP contribution in [0.25, 0.3) is 10.9 Å². The van der Waals surface area contributed by atoms with Crippen LogP contribution in [0, 0.1) is 0 Å². The molecule has 0 saturated carbocycles. The minimum atomic E-state index is -0.502. The van der Waals surface area contributed by atoms with E-state index in [-0.39, 0.29) is 6.04 Å². The predicted molar refractivity (Wildman–Crippen MR) is 77.5 cm³/mol. The average Bonchev–Trinajstić information content (AvgIpc) is 2.83. The second-order valence-corrected chi connectivity index (χ2v) is 5.62. The number of H-pyrrole nitrogens is 1. The summed E-state index contributed by atoms with van der Waals surface area (Å²) in [5, 5.41) is 10.8. The van der Waals surface area contributed by atoms with Crippen molar-refractivity contribution in [2.24, 2.45) is 0 Å². The summed E-state index contributed by atoms with van der Waals surface area (Å²) in [6.45, 7) is 2.45. The summed E-state index contributed by atoms with van der Waals surface area (Å²) in [6, 6.07) is 2.99. The number of hydroxylamine groups is 1. The summed E-state index contributed by atoms with van der Waals surface area (Å²) in [6.07, 6.45) is 0.676. The zero-order chi connectivity index (χ0) is 14.4. The van der Waals surface area contributed by atoms with Crippen molar-refractivity contribution in [3.63, 3.8) is 0 Å². The lowest BCUT2D eigenvalue weighted by Gasteiger charge is -2.33. The van der Waals surface area contributed by atoms with Gasteiger partial charge in [-0.1, -0.05) is 29.3 Å². The van der Waals surface area contributed by atoms with Crippen molar-refractivity contribution in [1.82, 2.24) is 15.4 Å². The van der Waals surface area contributed by atoms with Crippen LogP contribution in [0.1, 0.15) is 24.2 Å². The highest BCUT2D eigenvalue weighted by Gasteiger charge is 2.31. The molecule has 0 fully saturated rings. The summed E-state index contributed by atoms with van der Waals surface area (Å²) in [4.78, 5) is 16.6. The van der Waals surface area contributed by atoms with E-state index in [1.165, 1.54) is 0 Å². The van der Waals surface area contributed by atoms with Gasteiger partial charge in [-0.25, -0.2) is 10.3 Å². The number of hydrogen-bond acceptors (Lipinski definition) is 2. The van der Waals surface area contributed by atoms with Gasteiger partial charge in [0, 0.05) is 29.6 Å². The minimum Gasteiger partial charge on any atom is -0.357 e. The Morgan fingerprint density at radius 2 is 2.25 bits per heavy atom. The first-order valence-electron chi connectivity index (χ1n) is 6.23. The molecule has 1 aromatic heterocycles. The summed E-state index contributed by atoms with van der Waals surface area (Å²) in [7, 11) is 0. The lowest BCUT2D eigenvalue weighted by Crippen LogP contribution is -2.43. The molecule has 0 spiro atoms. The van der Waals surface area contributed by atoms with Gasteiger partial charge in [0.2, 0.25) is 0 Å². The van der Waals surface area contributed by atoms with E-state index in [1.54, 1.807) is 16.4 Å². The third-order valence-electron chi connectivity index (χ3n) is 3.83. The van der Waals surface area contributed by atoms with Gasteiger partial charge in [0.05, 0.1) is 21.6 Å². The van der Waals surface area contributed by atoms with Gasteiger partial charge in [-0.15, -0.1) is 0 Å². The maximum atomic E-state index is 11.7. The van der Waals surface area contributed by atoms with Crippen molar-refractivity contribution < 1.29 is 10.0 Å². The molecule has 0 unspecified atom stereocenters. The Labute approximate surface area is 125 Å². The van der Waals surface area contributed by atoms with Crippen molar-refractivity contribution in [3.05, 3.63) is 33.4 Å². The van der Waals surface area contributed by atoms with Crippen molar-refractivity contribution in [2.45, 2.75) is 19.4 Å². The molecule has 1 aliphatic heterocycles. The molecule has 1 aliphatic rings. The summed E-state index contributed by atoms with van der Waals surface area (Å²) in [5.74, 6) is 0. The number of urea groups is 1. The topological polar surface area (TPSA) is 68.4 Å². The first kappa shape index (κ1) is 13.5. The van der Waals surface area contributed by atoms with Crippen molar-refractivity contribution >= 4 is 40.1 Å². The van der Waals surface area contributed by atoms with Gasteiger partial charge in [-0.2, -0.15) is 0 Å². The SMILES string of the molecule is C[C@H]1c2c([nH]c3c(Cl)c(Cl)ccc23)CCN1C(=O)NO. The number of aromatic amines is 1. The molecule has 0 aliphatic carbocycles. The summed E-state index contributed by atoms with van der Waals surface area (Å²) >= 11 is 12.3. The number of hydrogen-bond donors (Lipinski definition) is 3. The number of aromatic nitrogens is 1. The van der Waals surface area contributed by atoms with Crippen LogP contribution in [-0.4, -0.2) is 27.7 Å². The van der Waals surface area contributed by atoms with Crippen molar-refractivity contribution in [3.8, 4) is 0 Å². The molecule has 0 radical (unpaired) electrons. The number of rotatable bonds is 0. The molecule has 5 nitrogen and oxygen atoms in total. The molecule has 1 aromatic carbocycles. The van der Waals surface area contributed by atoms with E-state index in [0.717, 1.165) is 22.2 Å². The van der Waals surface area contributed by atoms with Gasteiger partial charge in [0.15, 0.2) is 0 Å². The molecule has 3 rings (SSSR count). The van der Waals surface area contributed by atoms with E-state index in [9.17, 15) is 4.79 Å². The lowest BCUT2D eigenvalue weighted by atomic mass is 9.97. The zero-order valence-corrected chi connectivity index (χ0v) is 12.2. The Balaban J connectivity index is 2.17.